The topological polar surface area (TPSA) is 104 Å². The minimum Gasteiger partial charge on any atom is -0.481 e. The van der Waals surface area contributed by atoms with Crippen LogP contribution in [-0.4, -0.2) is 53.0 Å². The number of benzene rings is 1. The van der Waals surface area contributed by atoms with Gasteiger partial charge in [0.2, 0.25) is 0 Å². The number of anilines is 1. The Bertz CT molecular complexity index is 763. The number of rotatable bonds is 4. The van der Waals surface area contributed by atoms with Gasteiger partial charge in [0.25, 0.3) is 11.6 Å². The summed E-state index contributed by atoms with van der Waals surface area (Å²) in [5.41, 5.74) is 0.791. The normalized spacial score (nSPS) is 23.5. The van der Waals surface area contributed by atoms with Crippen LogP contribution in [0.15, 0.2) is 18.2 Å². The molecule has 0 aromatic heterocycles. The predicted molar refractivity (Wildman–Crippen MR) is 105 cm³/mol. The second-order valence-electron chi connectivity index (χ2n) is 8.22. The van der Waals surface area contributed by atoms with Crippen LogP contribution in [0.3, 0.4) is 0 Å². The van der Waals surface area contributed by atoms with E-state index in [1.54, 1.807) is 17.0 Å². The van der Waals surface area contributed by atoms with Crippen molar-refractivity contribution in [3.05, 3.63) is 33.9 Å². The number of hydrogen-bond donors (Lipinski definition) is 1. The van der Waals surface area contributed by atoms with E-state index in [-0.39, 0.29) is 17.2 Å². The van der Waals surface area contributed by atoms with E-state index in [0.717, 1.165) is 19.5 Å². The molecule has 1 amide bonds. The molecule has 2 atom stereocenters. The largest absolute Gasteiger partial charge is 0.481 e. The number of piperidine rings is 2. The SMILES string of the molecule is CC1CC(C)CN(c2ccc(C(=O)N3CCC(C(=O)O)CC3)cc2[N+](=O)[O-])C1. The van der Waals surface area contributed by atoms with Gasteiger partial charge in [-0.25, -0.2) is 0 Å². The van der Waals surface area contributed by atoms with E-state index in [1.165, 1.54) is 6.07 Å². The molecule has 2 saturated heterocycles. The molecule has 152 valence electrons. The number of carboxylic acid groups (broad SMARTS) is 1. The molecule has 1 N–H and O–H groups in total. The minimum absolute atomic E-state index is 0.0485. The van der Waals surface area contributed by atoms with Gasteiger partial charge < -0.3 is 14.9 Å². The van der Waals surface area contributed by atoms with Gasteiger partial charge in [0.1, 0.15) is 5.69 Å². The maximum Gasteiger partial charge on any atom is 0.306 e. The molecule has 1 aromatic rings. The van der Waals surface area contributed by atoms with Crippen LogP contribution in [0.4, 0.5) is 11.4 Å². The first-order valence-corrected chi connectivity index (χ1v) is 9.81. The predicted octanol–water partition coefficient (Wildman–Crippen LogP) is 3.01. The molecule has 0 aliphatic carbocycles. The Kier molecular flexibility index (Phi) is 5.86. The number of amides is 1. The molecule has 1 aromatic carbocycles. The lowest BCUT2D eigenvalue weighted by molar-refractivity contribution is -0.384. The number of carboxylic acids is 1. The summed E-state index contributed by atoms with van der Waals surface area (Å²) in [6.45, 7) is 6.53. The second kappa shape index (κ2) is 8.16. The van der Waals surface area contributed by atoms with Crippen LogP contribution in [0.25, 0.3) is 0 Å². The standard InChI is InChI=1S/C20H27N3O5/c1-13-9-14(2)12-22(11-13)17-4-3-16(10-18(17)23(27)28)19(24)21-7-5-15(6-8-21)20(25)26/h3-4,10,13-15H,5-9,11-12H2,1-2H3,(H,25,26). The zero-order valence-electron chi connectivity index (χ0n) is 16.3. The van der Waals surface area contributed by atoms with Crippen molar-refractivity contribution in [2.24, 2.45) is 17.8 Å². The Morgan fingerprint density at radius 1 is 1.14 bits per heavy atom. The van der Waals surface area contributed by atoms with Gasteiger partial charge in [-0.05, 0) is 43.2 Å². The third-order valence-electron chi connectivity index (χ3n) is 5.76. The number of aliphatic carboxylic acids is 1. The molecule has 0 saturated carbocycles. The summed E-state index contributed by atoms with van der Waals surface area (Å²) in [5, 5.41) is 20.8. The quantitative estimate of drug-likeness (QED) is 0.627. The maximum atomic E-state index is 12.8. The van der Waals surface area contributed by atoms with Gasteiger partial charge in [0, 0.05) is 37.8 Å². The van der Waals surface area contributed by atoms with Crippen molar-refractivity contribution in [2.75, 3.05) is 31.1 Å². The van der Waals surface area contributed by atoms with Crippen molar-refractivity contribution < 1.29 is 19.6 Å². The van der Waals surface area contributed by atoms with Gasteiger partial charge in [0.05, 0.1) is 10.8 Å². The number of likely N-dealkylation sites (tertiary alicyclic amines) is 1. The van der Waals surface area contributed by atoms with Gasteiger partial charge in [-0.3, -0.25) is 19.7 Å². The number of carbonyl (C=O) groups excluding carboxylic acids is 1. The Morgan fingerprint density at radius 3 is 2.29 bits per heavy atom. The highest BCUT2D eigenvalue weighted by Crippen LogP contribution is 2.34. The number of nitro groups is 1. The molecule has 0 spiro atoms. The molecule has 3 rings (SSSR count). The average Bonchev–Trinajstić information content (AvgIpc) is 2.66. The molecule has 0 bridgehead atoms. The van der Waals surface area contributed by atoms with Gasteiger partial charge >= 0.3 is 5.97 Å². The fourth-order valence-electron chi connectivity index (χ4n) is 4.44. The zero-order valence-corrected chi connectivity index (χ0v) is 16.3. The van der Waals surface area contributed by atoms with Crippen molar-refractivity contribution in [1.29, 1.82) is 0 Å². The highest BCUT2D eigenvalue weighted by molar-refractivity contribution is 5.96. The van der Waals surface area contributed by atoms with E-state index in [1.807, 2.05) is 4.90 Å². The lowest BCUT2D eigenvalue weighted by atomic mass is 9.91. The third kappa shape index (κ3) is 4.26. The van der Waals surface area contributed by atoms with E-state index in [9.17, 15) is 19.7 Å². The molecule has 2 heterocycles. The molecule has 0 radical (unpaired) electrons. The summed E-state index contributed by atoms with van der Waals surface area (Å²) in [7, 11) is 0. The van der Waals surface area contributed by atoms with Gasteiger partial charge in [-0.2, -0.15) is 0 Å². The summed E-state index contributed by atoms with van der Waals surface area (Å²) in [6.07, 6.45) is 1.92. The van der Waals surface area contributed by atoms with Crippen molar-refractivity contribution in [2.45, 2.75) is 33.1 Å². The van der Waals surface area contributed by atoms with Gasteiger partial charge in [-0.15, -0.1) is 0 Å². The van der Waals surface area contributed by atoms with Gasteiger partial charge in [0.15, 0.2) is 0 Å². The Balaban J connectivity index is 1.80. The molecule has 8 nitrogen and oxygen atoms in total. The van der Waals surface area contributed by atoms with E-state index >= 15 is 0 Å². The van der Waals surface area contributed by atoms with Crippen LogP contribution in [0.1, 0.15) is 43.5 Å². The molecule has 2 aliphatic heterocycles. The van der Waals surface area contributed by atoms with Crippen molar-refractivity contribution >= 4 is 23.3 Å². The highest BCUT2D eigenvalue weighted by atomic mass is 16.6. The minimum atomic E-state index is -0.836. The Hall–Kier alpha value is -2.64. The smallest absolute Gasteiger partial charge is 0.306 e. The van der Waals surface area contributed by atoms with Crippen LogP contribution in [0.2, 0.25) is 0 Å². The second-order valence-corrected chi connectivity index (χ2v) is 8.22. The first-order valence-electron chi connectivity index (χ1n) is 9.81. The van der Waals surface area contributed by atoms with Crippen LogP contribution < -0.4 is 4.90 Å². The van der Waals surface area contributed by atoms with Crippen LogP contribution >= 0.6 is 0 Å². The van der Waals surface area contributed by atoms with Crippen molar-refractivity contribution in [3.63, 3.8) is 0 Å². The fraction of sp³-hybridized carbons (Fsp3) is 0.600. The molecule has 2 aliphatic rings. The molecular formula is C20H27N3O5. The molecule has 28 heavy (non-hydrogen) atoms. The lowest BCUT2D eigenvalue weighted by Gasteiger charge is -2.36. The van der Waals surface area contributed by atoms with Crippen molar-refractivity contribution in [1.82, 2.24) is 4.90 Å². The molecule has 8 heteroatoms. The molecule has 2 unspecified atom stereocenters. The summed E-state index contributed by atoms with van der Waals surface area (Å²) >= 11 is 0. The van der Waals surface area contributed by atoms with Crippen LogP contribution in [0.5, 0.6) is 0 Å². The molecular weight excluding hydrogens is 362 g/mol. The third-order valence-corrected chi connectivity index (χ3v) is 5.76. The highest BCUT2D eigenvalue weighted by Gasteiger charge is 2.30. The molecule has 2 fully saturated rings. The summed E-state index contributed by atoms with van der Waals surface area (Å²) in [4.78, 5) is 38.7. The summed E-state index contributed by atoms with van der Waals surface area (Å²) < 4.78 is 0. The van der Waals surface area contributed by atoms with E-state index in [0.29, 0.717) is 43.5 Å². The van der Waals surface area contributed by atoms with E-state index in [4.69, 9.17) is 5.11 Å². The number of hydrogen-bond acceptors (Lipinski definition) is 5. The van der Waals surface area contributed by atoms with Gasteiger partial charge in [-0.1, -0.05) is 13.8 Å². The van der Waals surface area contributed by atoms with E-state index < -0.39 is 16.8 Å². The Labute approximate surface area is 164 Å². The summed E-state index contributed by atoms with van der Waals surface area (Å²) in [5.74, 6) is -0.625. The monoisotopic (exact) mass is 389 g/mol. The Morgan fingerprint density at radius 2 is 1.75 bits per heavy atom. The maximum absolute atomic E-state index is 12.8. The fourth-order valence-corrected chi connectivity index (χ4v) is 4.44. The zero-order chi connectivity index (χ0) is 20.4. The number of nitrogens with zero attached hydrogens (tertiary/aromatic N) is 3. The number of nitro benzene ring substituents is 1. The van der Waals surface area contributed by atoms with Crippen LogP contribution in [-0.2, 0) is 4.79 Å². The average molecular weight is 389 g/mol. The summed E-state index contributed by atoms with van der Waals surface area (Å²) in [6, 6.07) is 4.70. The van der Waals surface area contributed by atoms with E-state index in [2.05, 4.69) is 13.8 Å². The van der Waals surface area contributed by atoms with Crippen molar-refractivity contribution in [3.8, 4) is 0 Å². The lowest BCUT2D eigenvalue weighted by Crippen LogP contribution is -2.40. The first-order chi connectivity index (χ1) is 13.3. The first kappa shape index (κ1) is 20.1. The van der Waals surface area contributed by atoms with Crippen LogP contribution in [0, 0.1) is 27.9 Å². The number of carbonyl (C=O) groups is 2.